The van der Waals surface area contributed by atoms with E-state index in [4.69, 9.17) is 16.0 Å². The van der Waals surface area contributed by atoms with Crippen LogP contribution < -0.4 is 11.1 Å². The van der Waals surface area contributed by atoms with Crippen molar-refractivity contribution in [3.63, 3.8) is 0 Å². The Morgan fingerprint density at radius 3 is 2.61 bits per heavy atom. The molecule has 5 heteroatoms. The minimum atomic E-state index is 0.117. The van der Waals surface area contributed by atoms with Gasteiger partial charge in [0.1, 0.15) is 0 Å². The first-order valence-corrected chi connectivity index (χ1v) is 6.05. The minimum absolute atomic E-state index is 0.117. The fourth-order valence-electron chi connectivity index (χ4n) is 1.64. The molecule has 5 N–H and O–H groups in total. The summed E-state index contributed by atoms with van der Waals surface area (Å²) in [6.45, 7) is 3.98. The third-order valence-corrected chi connectivity index (χ3v) is 2.80. The van der Waals surface area contributed by atoms with Crippen LogP contribution in [0.1, 0.15) is 24.5 Å². The number of aliphatic hydroxyl groups excluding tert-OH is 1. The lowest BCUT2D eigenvalue weighted by atomic mass is 10.1. The minimum Gasteiger partial charge on any atom is -0.409 e. The maximum atomic E-state index is 8.79. The normalized spacial score (nSPS) is 13.6. The first-order valence-electron chi connectivity index (χ1n) is 6.05. The lowest BCUT2D eigenvalue weighted by Crippen LogP contribution is -2.21. The molecule has 0 amide bonds. The molecule has 5 nitrogen and oxygen atoms in total. The SMILES string of the molecule is CC(CCO)CNCc1ccc(C(N)=NO)cc1. The number of rotatable bonds is 7. The molecule has 0 bridgehead atoms. The molecular formula is C13H21N3O2. The molecule has 0 aromatic heterocycles. The highest BCUT2D eigenvalue weighted by Crippen LogP contribution is 2.05. The highest BCUT2D eigenvalue weighted by atomic mass is 16.4. The van der Waals surface area contributed by atoms with Crippen LogP contribution in [0, 0.1) is 5.92 Å². The number of hydrogen-bond donors (Lipinski definition) is 4. The third kappa shape index (κ3) is 4.73. The predicted molar refractivity (Wildman–Crippen MR) is 71.5 cm³/mol. The zero-order valence-electron chi connectivity index (χ0n) is 10.6. The highest BCUT2D eigenvalue weighted by molar-refractivity contribution is 5.96. The highest BCUT2D eigenvalue weighted by Gasteiger charge is 2.02. The zero-order valence-corrected chi connectivity index (χ0v) is 10.6. The van der Waals surface area contributed by atoms with Crippen molar-refractivity contribution in [1.29, 1.82) is 0 Å². The lowest BCUT2D eigenvalue weighted by molar-refractivity contribution is 0.260. The molecule has 1 aromatic rings. The first-order chi connectivity index (χ1) is 8.67. The van der Waals surface area contributed by atoms with E-state index < -0.39 is 0 Å². The smallest absolute Gasteiger partial charge is 0.170 e. The number of benzene rings is 1. The standard InChI is InChI=1S/C13H21N3O2/c1-10(6-7-17)8-15-9-11-2-4-12(5-3-11)13(14)16-18/h2-5,10,15,17-18H,6-9H2,1H3,(H2,14,16). The number of amidine groups is 1. The van der Waals surface area contributed by atoms with Crippen molar-refractivity contribution in [2.75, 3.05) is 13.2 Å². The van der Waals surface area contributed by atoms with Crippen LogP contribution in [-0.4, -0.2) is 29.3 Å². The summed E-state index contributed by atoms with van der Waals surface area (Å²) in [6, 6.07) is 7.53. The van der Waals surface area contributed by atoms with E-state index in [1.165, 1.54) is 0 Å². The maximum Gasteiger partial charge on any atom is 0.170 e. The summed E-state index contributed by atoms with van der Waals surface area (Å²) in [6.07, 6.45) is 0.815. The van der Waals surface area contributed by atoms with Crippen molar-refractivity contribution in [3.05, 3.63) is 35.4 Å². The Hall–Kier alpha value is -1.59. The van der Waals surface area contributed by atoms with Gasteiger partial charge in [-0.3, -0.25) is 0 Å². The molecule has 0 heterocycles. The third-order valence-electron chi connectivity index (χ3n) is 2.80. The van der Waals surface area contributed by atoms with E-state index >= 15 is 0 Å². The van der Waals surface area contributed by atoms with Crippen LogP contribution in [0.5, 0.6) is 0 Å². The van der Waals surface area contributed by atoms with E-state index in [0.717, 1.165) is 25.1 Å². The molecule has 100 valence electrons. The van der Waals surface area contributed by atoms with Gasteiger partial charge in [-0.05, 0) is 24.4 Å². The van der Waals surface area contributed by atoms with Gasteiger partial charge in [-0.15, -0.1) is 0 Å². The molecular weight excluding hydrogens is 230 g/mol. The van der Waals surface area contributed by atoms with Gasteiger partial charge in [0.2, 0.25) is 0 Å². The molecule has 1 atom stereocenters. The second-order valence-corrected chi connectivity index (χ2v) is 4.43. The van der Waals surface area contributed by atoms with Crippen LogP contribution in [0.3, 0.4) is 0 Å². The molecule has 1 rings (SSSR count). The van der Waals surface area contributed by atoms with Gasteiger partial charge < -0.3 is 21.4 Å². The van der Waals surface area contributed by atoms with Crippen molar-refractivity contribution in [3.8, 4) is 0 Å². The van der Waals surface area contributed by atoms with E-state index in [2.05, 4.69) is 17.4 Å². The lowest BCUT2D eigenvalue weighted by Gasteiger charge is -2.11. The number of oxime groups is 1. The predicted octanol–water partition coefficient (Wildman–Crippen LogP) is 0.889. The molecule has 0 aliphatic rings. The largest absolute Gasteiger partial charge is 0.409 e. The summed E-state index contributed by atoms with van der Waals surface area (Å²) in [5.74, 6) is 0.581. The Morgan fingerprint density at radius 1 is 1.39 bits per heavy atom. The van der Waals surface area contributed by atoms with E-state index in [9.17, 15) is 0 Å². The van der Waals surface area contributed by atoms with Gasteiger partial charge in [0.25, 0.3) is 0 Å². The molecule has 0 aliphatic carbocycles. The Labute approximate surface area is 107 Å². The molecule has 18 heavy (non-hydrogen) atoms. The Kier molecular flexibility index (Phi) is 6.18. The number of nitrogens with two attached hydrogens (primary N) is 1. The van der Waals surface area contributed by atoms with Crippen LogP contribution in [0.4, 0.5) is 0 Å². The number of hydrogen-bond acceptors (Lipinski definition) is 4. The summed E-state index contributed by atoms with van der Waals surface area (Å²) in [5.41, 5.74) is 7.32. The van der Waals surface area contributed by atoms with Crippen molar-refractivity contribution in [2.45, 2.75) is 19.9 Å². The Balaban J connectivity index is 2.40. The van der Waals surface area contributed by atoms with Crippen LogP contribution in [0.15, 0.2) is 29.4 Å². The summed E-state index contributed by atoms with van der Waals surface area (Å²) < 4.78 is 0. The van der Waals surface area contributed by atoms with E-state index in [1.807, 2.05) is 24.3 Å². The van der Waals surface area contributed by atoms with Crippen molar-refractivity contribution in [1.82, 2.24) is 5.32 Å². The van der Waals surface area contributed by atoms with Gasteiger partial charge in [-0.1, -0.05) is 36.3 Å². The summed E-state index contributed by atoms with van der Waals surface area (Å²) in [7, 11) is 0. The molecule has 0 aliphatic heterocycles. The Morgan fingerprint density at radius 2 is 2.06 bits per heavy atom. The van der Waals surface area contributed by atoms with Gasteiger partial charge >= 0.3 is 0 Å². The van der Waals surface area contributed by atoms with Crippen LogP contribution in [-0.2, 0) is 6.54 Å². The van der Waals surface area contributed by atoms with Gasteiger partial charge in [0.05, 0.1) is 0 Å². The molecule has 0 radical (unpaired) electrons. The van der Waals surface area contributed by atoms with E-state index in [1.54, 1.807) is 0 Å². The molecule has 0 spiro atoms. The van der Waals surface area contributed by atoms with Gasteiger partial charge in [-0.2, -0.15) is 0 Å². The van der Waals surface area contributed by atoms with Crippen molar-refractivity contribution >= 4 is 5.84 Å². The van der Waals surface area contributed by atoms with Crippen molar-refractivity contribution in [2.24, 2.45) is 16.8 Å². The summed E-state index contributed by atoms with van der Waals surface area (Å²) >= 11 is 0. The van der Waals surface area contributed by atoms with Gasteiger partial charge in [0, 0.05) is 18.7 Å². The van der Waals surface area contributed by atoms with Crippen LogP contribution in [0.25, 0.3) is 0 Å². The molecule has 1 unspecified atom stereocenters. The summed E-state index contributed by atoms with van der Waals surface area (Å²) in [4.78, 5) is 0. The quantitative estimate of drug-likeness (QED) is 0.251. The fourth-order valence-corrected chi connectivity index (χ4v) is 1.64. The maximum absolute atomic E-state index is 8.79. The average Bonchev–Trinajstić information content (AvgIpc) is 2.39. The van der Waals surface area contributed by atoms with E-state index in [0.29, 0.717) is 11.5 Å². The van der Waals surface area contributed by atoms with Crippen molar-refractivity contribution < 1.29 is 10.3 Å². The summed E-state index contributed by atoms with van der Waals surface area (Å²) in [5, 5.41) is 23.6. The van der Waals surface area contributed by atoms with Gasteiger partial charge in [-0.25, -0.2) is 0 Å². The molecule has 0 fully saturated rings. The first kappa shape index (κ1) is 14.5. The second-order valence-electron chi connectivity index (χ2n) is 4.43. The van der Waals surface area contributed by atoms with E-state index in [-0.39, 0.29) is 12.4 Å². The molecule has 1 aromatic carbocycles. The Bertz CT molecular complexity index is 376. The zero-order chi connectivity index (χ0) is 13.4. The van der Waals surface area contributed by atoms with Gasteiger partial charge in [0.15, 0.2) is 5.84 Å². The second kappa shape index (κ2) is 7.68. The monoisotopic (exact) mass is 251 g/mol. The number of nitrogens with one attached hydrogen (secondary N) is 1. The number of nitrogens with zero attached hydrogens (tertiary/aromatic N) is 1. The van der Waals surface area contributed by atoms with Crippen LogP contribution in [0.2, 0.25) is 0 Å². The van der Waals surface area contributed by atoms with Crippen LogP contribution >= 0.6 is 0 Å². The molecule has 0 saturated carbocycles. The average molecular weight is 251 g/mol. The number of aliphatic hydroxyl groups is 1. The fraction of sp³-hybridized carbons (Fsp3) is 0.462. The topological polar surface area (TPSA) is 90.9 Å². The molecule has 0 saturated heterocycles.